The van der Waals surface area contributed by atoms with E-state index in [-0.39, 0.29) is 10.5 Å². The van der Waals surface area contributed by atoms with Gasteiger partial charge in [-0.25, -0.2) is 8.42 Å². The summed E-state index contributed by atoms with van der Waals surface area (Å²) >= 11 is 0. The molecule has 118 valence electrons. The van der Waals surface area contributed by atoms with Gasteiger partial charge in [0.25, 0.3) is 15.0 Å². The minimum absolute atomic E-state index is 0.132. The van der Waals surface area contributed by atoms with Crippen molar-refractivity contribution in [3.63, 3.8) is 0 Å². The first-order valence-electron chi connectivity index (χ1n) is 6.64. The number of carbonyl (C=O) groups excluding carboxylic acids is 1. The van der Waals surface area contributed by atoms with E-state index in [0.29, 0.717) is 12.4 Å². The fourth-order valence-electron chi connectivity index (χ4n) is 1.58. The fraction of sp³-hybridized carbons (Fsp3) is 0.500. The van der Waals surface area contributed by atoms with Crippen LogP contribution in [0.2, 0.25) is 0 Å². The zero-order chi connectivity index (χ0) is 16.3. The lowest BCUT2D eigenvalue weighted by Crippen LogP contribution is -2.42. The van der Waals surface area contributed by atoms with Gasteiger partial charge in [-0.1, -0.05) is 6.92 Å². The monoisotopic (exact) mass is 333 g/mol. The van der Waals surface area contributed by atoms with E-state index < -0.39 is 20.5 Å². The highest BCUT2D eigenvalue weighted by Crippen LogP contribution is 2.25. The van der Waals surface area contributed by atoms with Crippen LogP contribution in [0.4, 0.5) is 0 Å². The molecule has 1 aromatic rings. The third kappa shape index (κ3) is 4.89. The molecule has 1 rings (SSSR count). The molecule has 1 N–H and O–H groups in total. The minimum Gasteiger partial charge on any atom is -0.493 e. The number of benzene rings is 1. The number of ether oxygens (including phenoxy) is 1. The highest BCUT2D eigenvalue weighted by Gasteiger charge is 2.23. The molecule has 0 aliphatic rings. The van der Waals surface area contributed by atoms with E-state index in [1.165, 1.54) is 18.2 Å². The third-order valence-corrected chi connectivity index (χ3v) is 4.46. The molecule has 0 unspecified atom stereocenters. The molecule has 0 aromatic heterocycles. The van der Waals surface area contributed by atoms with E-state index in [9.17, 15) is 13.2 Å². The molecule has 1 amide bonds. The maximum atomic E-state index is 12.4. The van der Waals surface area contributed by atoms with Crippen molar-refractivity contribution in [2.24, 2.45) is 0 Å². The average molecular weight is 334 g/mol. The summed E-state index contributed by atoms with van der Waals surface area (Å²) in [6, 6.07) is 3.98. The van der Waals surface area contributed by atoms with Crippen LogP contribution in [0, 0.1) is 0 Å². The Labute approximate surface area is 130 Å². The van der Waals surface area contributed by atoms with Crippen LogP contribution in [0.1, 0.15) is 44.5 Å². The van der Waals surface area contributed by atoms with Crippen molar-refractivity contribution in [3.8, 4) is 5.75 Å². The van der Waals surface area contributed by atoms with Gasteiger partial charge in [-0.15, -0.1) is 0 Å². The van der Waals surface area contributed by atoms with Crippen molar-refractivity contribution in [2.45, 2.75) is 44.6 Å². The van der Waals surface area contributed by atoms with Crippen LogP contribution in [0.5, 0.6) is 5.75 Å². The lowest BCUT2D eigenvalue weighted by molar-refractivity contribution is 0.0907. The molecule has 0 aliphatic heterocycles. The Kier molecular flexibility index (Phi) is 5.64. The summed E-state index contributed by atoms with van der Waals surface area (Å²) in [5.74, 6) is -0.0709. The molecule has 0 atom stereocenters. The van der Waals surface area contributed by atoms with Gasteiger partial charge >= 0.3 is 0 Å². The molecule has 0 fully saturated rings. The molecule has 0 saturated carbocycles. The largest absolute Gasteiger partial charge is 0.493 e. The van der Waals surface area contributed by atoms with Crippen LogP contribution < -0.4 is 10.1 Å². The van der Waals surface area contributed by atoms with Crippen molar-refractivity contribution in [2.75, 3.05) is 6.61 Å². The molecule has 0 aliphatic carbocycles. The number of nitrogens with one attached hydrogen (secondary N) is 1. The normalized spacial score (nSPS) is 12.0. The summed E-state index contributed by atoms with van der Waals surface area (Å²) < 4.78 is 28.2. The predicted octanol–water partition coefficient (Wildman–Crippen LogP) is 2.93. The minimum atomic E-state index is -3.90. The average Bonchev–Trinajstić information content (AvgIpc) is 2.37. The Bertz CT molecular complexity index is 626. The Morgan fingerprint density at radius 3 is 2.43 bits per heavy atom. The predicted molar refractivity (Wildman–Crippen MR) is 82.5 cm³/mol. The topological polar surface area (TPSA) is 72.5 Å². The number of amides is 1. The number of carbonyl (C=O) groups is 1. The zero-order valence-corrected chi connectivity index (χ0v) is 14.1. The molecule has 0 radical (unpaired) electrons. The first-order chi connectivity index (χ1) is 9.60. The van der Waals surface area contributed by atoms with E-state index in [4.69, 9.17) is 15.4 Å². The Balaban J connectivity index is 3.26. The molecule has 7 heteroatoms. The first kappa shape index (κ1) is 17.8. The SMILES string of the molecule is CCOc1ccc(S(=O)(=O)Cl)cc1C(=O)NC(C)(C)CC. The number of halogens is 1. The molecule has 0 saturated heterocycles. The summed E-state index contributed by atoms with van der Waals surface area (Å²) in [5.41, 5.74) is -0.253. The van der Waals surface area contributed by atoms with Gasteiger partial charge in [0.15, 0.2) is 0 Å². The van der Waals surface area contributed by atoms with Gasteiger partial charge in [-0.05, 0) is 45.4 Å². The molecule has 5 nitrogen and oxygen atoms in total. The van der Waals surface area contributed by atoms with E-state index in [1.807, 2.05) is 20.8 Å². The van der Waals surface area contributed by atoms with Gasteiger partial charge in [0.05, 0.1) is 17.1 Å². The standard InChI is InChI=1S/C14H20ClNO4S/c1-5-14(3,4)16-13(17)11-9-10(21(15,18)19)7-8-12(11)20-6-2/h7-9H,5-6H2,1-4H3,(H,16,17). The number of hydrogen-bond donors (Lipinski definition) is 1. The van der Waals surface area contributed by atoms with Crippen molar-refractivity contribution in [3.05, 3.63) is 23.8 Å². The van der Waals surface area contributed by atoms with Crippen LogP contribution in [-0.2, 0) is 9.05 Å². The molecule has 0 bridgehead atoms. The van der Waals surface area contributed by atoms with Gasteiger partial charge in [0.2, 0.25) is 0 Å². The summed E-state index contributed by atoms with van der Waals surface area (Å²) in [5, 5.41) is 2.84. The summed E-state index contributed by atoms with van der Waals surface area (Å²) in [4.78, 5) is 12.2. The van der Waals surface area contributed by atoms with Crippen molar-refractivity contribution < 1.29 is 17.9 Å². The fourth-order valence-corrected chi connectivity index (χ4v) is 2.36. The molecule has 0 spiro atoms. The zero-order valence-electron chi connectivity index (χ0n) is 12.6. The maximum Gasteiger partial charge on any atom is 0.261 e. The highest BCUT2D eigenvalue weighted by molar-refractivity contribution is 8.13. The summed E-state index contributed by atoms with van der Waals surface area (Å²) in [6.45, 7) is 7.86. The van der Waals surface area contributed by atoms with Gasteiger partial charge in [0, 0.05) is 16.2 Å². The second kappa shape index (κ2) is 6.66. The second-order valence-electron chi connectivity index (χ2n) is 5.22. The number of hydrogen-bond acceptors (Lipinski definition) is 4. The molecule has 0 heterocycles. The van der Waals surface area contributed by atoms with Gasteiger partial charge < -0.3 is 10.1 Å². The second-order valence-corrected chi connectivity index (χ2v) is 7.79. The van der Waals surface area contributed by atoms with Crippen LogP contribution >= 0.6 is 10.7 Å². The molecule has 1 aromatic carbocycles. The first-order valence-corrected chi connectivity index (χ1v) is 8.95. The van der Waals surface area contributed by atoms with Crippen LogP contribution in [0.15, 0.2) is 23.1 Å². The Morgan fingerprint density at radius 2 is 1.95 bits per heavy atom. The molecule has 21 heavy (non-hydrogen) atoms. The summed E-state index contributed by atoms with van der Waals surface area (Å²) in [7, 11) is 1.42. The molecular formula is C14H20ClNO4S. The van der Waals surface area contributed by atoms with Gasteiger partial charge in [-0.2, -0.15) is 0 Å². The van der Waals surface area contributed by atoms with E-state index >= 15 is 0 Å². The lowest BCUT2D eigenvalue weighted by Gasteiger charge is -2.25. The van der Waals surface area contributed by atoms with E-state index in [2.05, 4.69) is 5.32 Å². The van der Waals surface area contributed by atoms with Crippen LogP contribution in [-0.4, -0.2) is 26.5 Å². The van der Waals surface area contributed by atoms with Gasteiger partial charge in [-0.3, -0.25) is 4.79 Å². The Morgan fingerprint density at radius 1 is 1.33 bits per heavy atom. The smallest absolute Gasteiger partial charge is 0.261 e. The lowest BCUT2D eigenvalue weighted by atomic mass is 10.0. The van der Waals surface area contributed by atoms with Crippen LogP contribution in [0.25, 0.3) is 0 Å². The third-order valence-electron chi connectivity index (χ3n) is 3.11. The van der Waals surface area contributed by atoms with Crippen LogP contribution in [0.3, 0.4) is 0 Å². The van der Waals surface area contributed by atoms with Crippen molar-refractivity contribution >= 4 is 25.6 Å². The maximum absolute atomic E-state index is 12.4. The molecular weight excluding hydrogens is 314 g/mol. The van der Waals surface area contributed by atoms with Crippen molar-refractivity contribution in [1.29, 1.82) is 0 Å². The van der Waals surface area contributed by atoms with Crippen molar-refractivity contribution in [1.82, 2.24) is 5.32 Å². The van der Waals surface area contributed by atoms with E-state index in [0.717, 1.165) is 6.42 Å². The van der Waals surface area contributed by atoms with E-state index in [1.54, 1.807) is 6.92 Å². The quantitative estimate of drug-likeness (QED) is 0.812. The Hall–Kier alpha value is -1.27. The number of rotatable bonds is 6. The van der Waals surface area contributed by atoms with Gasteiger partial charge in [0.1, 0.15) is 5.75 Å². The highest BCUT2D eigenvalue weighted by atomic mass is 35.7. The summed E-state index contributed by atoms with van der Waals surface area (Å²) in [6.07, 6.45) is 0.732.